The molecule has 0 fully saturated rings. The summed E-state index contributed by atoms with van der Waals surface area (Å²) < 4.78 is 0. The number of hydrogen-bond acceptors (Lipinski definition) is 3. The van der Waals surface area contributed by atoms with Gasteiger partial charge in [-0.1, -0.05) is 18.2 Å². The summed E-state index contributed by atoms with van der Waals surface area (Å²) >= 11 is 0. The van der Waals surface area contributed by atoms with E-state index >= 15 is 0 Å². The van der Waals surface area contributed by atoms with E-state index in [-0.39, 0.29) is 0 Å². The van der Waals surface area contributed by atoms with Gasteiger partial charge in [-0.3, -0.25) is 0 Å². The third-order valence-electron chi connectivity index (χ3n) is 1.56. The first kappa shape index (κ1) is 9.58. The number of hydrazone groups is 1. The molecule has 0 radical (unpaired) electrons. The van der Waals surface area contributed by atoms with Gasteiger partial charge in [0.2, 0.25) is 0 Å². The van der Waals surface area contributed by atoms with Crippen LogP contribution in [0.15, 0.2) is 29.4 Å². The quantitative estimate of drug-likeness (QED) is 0.548. The highest BCUT2D eigenvalue weighted by Crippen LogP contribution is 2.14. The largest absolute Gasteiger partial charge is 0.508 e. The molecule has 3 nitrogen and oxygen atoms in total. The zero-order valence-corrected chi connectivity index (χ0v) is 7.91. The van der Waals surface area contributed by atoms with Crippen molar-refractivity contribution < 1.29 is 5.11 Å². The summed E-state index contributed by atoms with van der Waals surface area (Å²) in [4.78, 5) is 0. The summed E-state index contributed by atoms with van der Waals surface area (Å²) in [6.45, 7) is 4.38. The summed E-state index contributed by atoms with van der Waals surface area (Å²) in [5, 5.41) is 13.4. The van der Waals surface area contributed by atoms with Crippen LogP contribution >= 0.6 is 0 Å². The van der Waals surface area contributed by atoms with E-state index in [1.807, 2.05) is 26.0 Å². The fraction of sp³-hybridized carbons (Fsp3) is 0.300. The zero-order chi connectivity index (χ0) is 9.68. The summed E-state index contributed by atoms with van der Waals surface area (Å²) in [6.07, 6.45) is 0. The first-order chi connectivity index (χ1) is 6.20. The van der Waals surface area contributed by atoms with Crippen molar-refractivity contribution in [3.05, 3.63) is 29.8 Å². The lowest BCUT2D eigenvalue weighted by Gasteiger charge is -2.03. The van der Waals surface area contributed by atoms with Gasteiger partial charge < -0.3 is 10.5 Å². The van der Waals surface area contributed by atoms with Gasteiger partial charge in [0.1, 0.15) is 5.75 Å². The topological polar surface area (TPSA) is 44.6 Å². The van der Waals surface area contributed by atoms with Crippen LogP contribution in [-0.2, 0) is 6.54 Å². The summed E-state index contributed by atoms with van der Waals surface area (Å²) in [7, 11) is 0. The molecule has 0 saturated carbocycles. The number of rotatable bonds is 3. The van der Waals surface area contributed by atoms with E-state index in [1.54, 1.807) is 12.1 Å². The molecule has 3 heteroatoms. The minimum Gasteiger partial charge on any atom is -0.508 e. The van der Waals surface area contributed by atoms with E-state index in [0.29, 0.717) is 12.3 Å². The Hall–Kier alpha value is -1.51. The van der Waals surface area contributed by atoms with Gasteiger partial charge in [0, 0.05) is 11.3 Å². The van der Waals surface area contributed by atoms with Gasteiger partial charge in [-0.2, -0.15) is 5.10 Å². The van der Waals surface area contributed by atoms with Gasteiger partial charge in [0.15, 0.2) is 0 Å². The number of hydrogen-bond donors (Lipinski definition) is 2. The van der Waals surface area contributed by atoms with Crippen LogP contribution in [0.2, 0.25) is 0 Å². The third-order valence-corrected chi connectivity index (χ3v) is 1.56. The smallest absolute Gasteiger partial charge is 0.120 e. The number of para-hydroxylation sites is 1. The first-order valence-corrected chi connectivity index (χ1v) is 4.21. The van der Waals surface area contributed by atoms with Crippen molar-refractivity contribution in [2.24, 2.45) is 5.10 Å². The normalized spacial score (nSPS) is 9.38. The van der Waals surface area contributed by atoms with Crippen LogP contribution in [-0.4, -0.2) is 10.8 Å². The second kappa shape index (κ2) is 4.50. The predicted molar refractivity (Wildman–Crippen MR) is 53.7 cm³/mol. The molecule has 0 aliphatic rings. The minimum absolute atomic E-state index is 0.305. The van der Waals surface area contributed by atoms with Crippen molar-refractivity contribution in [2.45, 2.75) is 20.4 Å². The fourth-order valence-electron chi connectivity index (χ4n) is 0.943. The zero-order valence-electron chi connectivity index (χ0n) is 7.91. The highest BCUT2D eigenvalue weighted by molar-refractivity contribution is 5.78. The second-order valence-electron chi connectivity index (χ2n) is 3.02. The molecular formula is C10H14N2O. The number of nitrogens with one attached hydrogen (secondary N) is 1. The molecule has 0 aliphatic carbocycles. The van der Waals surface area contributed by atoms with E-state index in [9.17, 15) is 5.11 Å². The lowest BCUT2D eigenvalue weighted by molar-refractivity contribution is 0.465. The molecular weight excluding hydrogens is 164 g/mol. The molecule has 0 bridgehead atoms. The maximum atomic E-state index is 9.39. The average Bonchev–Trinajstić information content (AvgIpc) is 2.08. The van der Waals surface area contributed by atoms with E-state index in [4.69, 9.17) is 0 Å². The standard InChI is InChI=1S/C10H14N2O/c1-8(2)12-11-7-9-5-3-4-6-10(9)13/h3-6,11,13H,7H2,1-2H3. The highest BCUT2D eigenvalue weighted by atomic mass is 16.3. The molecule has 0 aromatic heterocycles. The number of phenolic OH excluding ortho intramolecular Hbond substituents is 1. The van der Waals surface area contributed by atoms with E-state index in [0.717, 1.165) is 11.3 Å². The Labute approximate surface area is 78.1 Å². The molecule has 0 aliphatic heterocycles. The maximum absolute atomic E-state index is 9.39. The van der Waals surface area contributed by atoms with Crippen LogP contribution < -0.4 is 5.43 Å². The lowest BCUT2D eigenvalue weighted by Crippen LogP contribution is -2.06. The highest BCUT2D eigenvalue weighted by Gasteiger charge is 1.96. The maximum Gasteiger partial charge on any atom is 0.120 e. The van der Waals surface area contributed by atoms with Gasteiger partial charge in [-0.25, -0.2) is 0 Å². The molecule has 0 spiro atoms. The second-order valence-corrected chi connectivity index (χ2v) is 3.02. The Balaban J connectivity index is 2.55. The Morgan fingerprint density at radius 2 is 2.08 bits per heavy atom. The molecule has 70 valence electrons. The van der Waals surface area contributed by atoms with Crippen molar-refractivity contribution in [3.8, 4) is 5.75 Å². The molecule has 0 unspecified atom stereocenters. The molecule has 2 N–H and O–H groups in total. The molecule has 1 aromatic rings. The van der Waals surface area contributed by atoms with Crippen LogP contribution in [0.3, 0.4) is 0 Å². The van der Waals surface area contributed by atoms with Gasteiger partial charge in [0.25, 0.3) is 0 Å². The average molecular weight is 178 g/mol. The summed E-state index contributed by atoms with van der Waals surface area (Å²) in [5.74, 6) is 0.305. The molecule has 0 atom stereocenters. The molecule has 13 heavy (non-hydrogen) atoms. The van der Waals surface area contributed by atoms with Gasteiger partial charge in [-0.05, 0) is 19.9 Å². The van der Waals surface area contributed by atoms with Crippen LogP contribution in [0.1, 0.15) is 19.4 Å². The van der Waals surface area contributed by atoms with Crippen molar-refractivity contribution in [1.29, 1.82) is 0 Å². The van der Waals surface area contributed by atoms with E-state index in [1.165, 1.54) is 0 Å². The number of aromatic hydroxyl groups is 1. The number of nitrogens with zero attached hydrogens (tertiary/aromatic N) is 1. The lowest BCUT2D eigenvalue weighted by atomic mass is 10.2. The predicted octanol–water partition coefficient (Wildman–Crippen LogP) is 1.88. The Bertz CT molecular complexity index is 304. The monoisotopic (exact) mass is 178 g/mol. The van der Waals surface area contributed by atoms with Crippen molar-refractivity contribution >= 4 is 5.71 Å². The van der Waals surface area contributed by atoms with Crippen LogP contribution in [0.5, 0.6) is 5.75 Å². The first-order valence-electron chi connectivity index (χ1n) is 4.21. The van der Waals surface area contributed by atoms with Crippen molar-refractivity contribution in [2.75, 3.05) is 0 Å². The SMILES string of the molecule is CC(C)=NNCc1ccccc1O. The summed E-state index contributed by atoms with van der Waals surface area (Å²) in [6, 6.07) is 7.22. The molecule has 1 rings (SSSR count). The molecule has 0 heterocycles. The van der Waals surface area contributed by atoms with Crippen LogP contribution in [0.25, 0.3) is 0 Å². The number of phenols is 1. The van der Waals surface area contributed by atoms with Gasteiger partial charge in [-0.15, -0.1) is 0 Å². The Morgan fingerprint density at radius 1 is 1.38 bits per heavy atom. The molecule has 0 saturated heterocycles. The van der Waals surface area contributed by atoms with Gasteiger partial charge in [0.05, 0.1) is 6.54 Å². The van der Waals surface area contributed by atoms with Crippen molar-refractivity contribution in [3.63, 3.8) is 0 Å². The third kappa shape index (κ3) is 3.15. The molecule has 1 aromatic carbocycles. The minimum atomic E-state index is 0.305. The number of benzene rings is 1. The fourth-order valence-corrected chi connectivity index (χ4v) is 0.943. The van der Waals surface area contributed by atoms with E-state index < -0.39 is 0 Å². The van der Waals surface area contributed by atoms with Gasteiger partial charge >= 0.3 is 0 Å². The van der Waals surface area contributed by atoms with Crippen LogP contribution in [0, 0.1) is 0 Å². The van der Waals surface area contributed by atoms with Crippen molar-refractivity contribution in [1.82, 2.24) is 5.43 Å². The van der Waals surface area contributed by atoms with Crippen LogP contribution in [0.4, 0.5) is 0 Å². The summed E-state index contributed by atoms with van der Waals surface area (Å²) in [5.41, 5.74) is 4.69. The Morgan fingerprint density at radius 3 is 2.69 bits per heavy atom. The Kier molecular flexibility index (Phi) is 3.31. The van der Waals surface area contributed by atoms with E-state index in [2.05, 4.69) is 10.5 Å². The molecule has 0 amide bonds.